The number of carbonyl (C=O) groups excluding carboxylic acids is 1. The molecule has 34 heavy (non-hydrogen) atoms. The molecule has 1 N–H and O–H groups in total. The molecule has 1 unspecified atom stereocenters. The lowest BCUT2D eigenvalue weighted by atomic mass is 10.0. The van der Waals surface area contributed by atoms with Crippen LogP contribution in [0.1, 0.15) is 50.3 Å². The maximum absolute atomic E-state index is 13.1. The minimum Gasteiger partial charge on any atom is -0.425 e. The molecule has 0 aliphatic heterocycles. The molecule has 7 nitrogen and oxygen atoms in total. The van der Waals surface area contributed by atoms with Gasteiger partial charge < -0.3 is 9.15 Å². The van der Waals surface area contributed by atoms with Crippen LogP contribution in [0.2, 0.25) is 0 Å². The van der Waals surface area contributed by atoms with E-state index >= 15 is 0 Å². The molecule has 3 aromatic rings. The van der Waals surface area contributed by atoms with Crippen molar-refractivity contribution in [1.82, 2.24) is 4.72 Å². The summed E-state index contributed by atoms with van der Waals surface area (Å²) < 4.78 is 39.3. The van der Waals surface area contributed by atoms with E-state index in [4.69, 9.17) is 9.15 Å². The number of rotatable bonds is 9. The fourth-order valence-corrected chi connectivity index (χ4v) is 5.01. The smallest absolute Gasteiger partial charge is 0.336 e. The summed E-state index contributed by atoms with van der Waals surface area (Å²) in [5.41, 5.74) is 2.20. The van der Waals surface area contributed by atoms with Crippen LogP contribution in [-0.2, 0) is 21.2 Å². The predicted molar refractivity (Wildman–Crippen MR) is 132 cm³/mol. The van der Waals surface area contributed by atoms with Crippen molar-refractivity contribution in [3.05, 3.63) is 69.6 Å². The predicted octanol–water partition coefficient (Wildman–Crippen LogP) is 4.66. The topological polar surface area (TPSA) is 103 Å². The van der Waals surface area contributed by atoms with E-state index in [1.54, 1.807) is 31.2 Å². The summed E-state index contributed by atoms with van der Waals surface area (Å²) in [6.45, 7) is 9.38. The Morgan fingerprint density at radius 2 is 1.76 bits per heavy atom. The fourth-order valence-electron chi connectivity index (χ4n) is 3.81. The van der Waals surface area contributed by atoms with Crippen LogP contribution in [0.3, 0.4) is 0 Å². The third kappa shape index (κ3) is 5.93. The second-order valence-electron chi connectivity index (χ2n) is 8.94. The van der Waals surface area contributed by atoms with Crippen LogP contribution in [0, 0.1) is 19.8 Å². The van der Waals surface area contributed by atoms with Gasteiger partial charge in [0.05, 0.1) is 4.90 Å². The zero-order valence-corrected chi connectivity index (χ0v) is 21.0. The van der Waals surface area contributed by atoms with E-state index < -0.39 is 27.7 Å². The number of sulfonamides is 1. The molecule has 3 rings (SSSR count). The Balaban J connectivity index is 1.91. The van der Waals surface area contributed by atoms with Crippen LogP contribution >= 0.6 is 0 Å². The fraction of sp³-hybridized carbons (Fsp3) is 0.385. The van der Waals surface area contributed by atoms with Gasteiger partial charge in [-0.2, -0.15) is 4.72 Å². The van der Waals surface area contributed by atoms with Gasteiger partial charge in [0.15, 0.2) is 0 Å². The largest absolute Gasteiger partial charge is 0.425 e. The highest BCUT2D eigenvalue weighted by Gasteiger charge is 2.29. The summed E-state index contributed by atoms with van der Waals surface area (Å²) in [6.07, 6.45) is 1.84. The maximum Gasteiger partial charge on any atom is 0.336 e. The van der Waals surface area contributed by atoms with Gasteiger partial charge in [0.2, 0.25) is 10.0 Å². The molecular formula is C26H31NO6S. The number of nitrogens with one attached hydrogen (secondary N) is 1. The number of hydrogen-bond donors (Lipinski definition) is 1. The van der Waals surface area contributed by atoms with E-state index in [1.165, 1.54) is 18.2 Å². The molecule has 0 bridgehead atoms. The second-order valence-corrected chi connectivity index (χ2v) is 10.7. The first-order valence-corrected chi connectivity index (χ1v) is 12.9. The van der Waals surface area contributed by atoms with Gasteiger partial charge in [-0.05, 0) is 62.4 Å². The minimum absolute atomic E-state index is 0.0330. The van der Waals surface area contributed by atoms with Gasteiger partial charge in [-0.1, -0.05) is 44.9 Å². The highest BCUT2D eigenvalue weighted by atomic mass is 32.2. The van der Waals surface area contributed by atoms with E-state index in [0.717, 1.165) is 29.4 Å². The molecular weight excluding hydrogens is 454 g/mol. The highest BCUT2D eigenvalue weighted by molar-refractivity contribution is 7.89. The molecule has 8 heteroatoms. The molecule has 182 valence electrons. The maximum atomic E-state index is 13.1. The third-order valence-electron chi connectivity index (χ3n) is 5.55. The Labute approximate surface area is 200 Å². The number of aryl methyl sites for hydroxylation is 3. The molecule has 0 aliphatic carbocycles. The zero-order chi connectivity index (χ0) is 25.0. The number of ether oxygens (including phenoxy) is 1. The Hall–Kier alpha value is -2.97. The van der Waals surface area contributed by atoms with Crippen LogP contribution in [0.15, 0.2) is 56.6 Å². The Kier molecular flexibility index (Phi) is 7.94. The van der Waals surface area contributed by atoms with Gasteiger partial charge in [0.25, 0.3) is 0 Å². The third-order valence-corrected chi connectivity index (χ3v) is 7.03. The van der Waals surface area contributed by atoms with Crippen molar-refractivity contribution in [3.8, 4) is 5.75 Å². The number of carbonyl (C=O) groups is 1. The Bertz CT molecular complexity index is 1340. The molecule has 0 amide bonds. The van der Waals surface area contributed by atoms with E-state index in [2.05, 4.69) is 4.72 Å². The minimum atomic E-state index is -3.93. The van der Waals surface area contributed by atoms with Crippen molar-refractivity contribution in [1.29, 1.82) is 0 Å². The van der Waals surface area contributed by atoms with Crippen molar-refractivity contribution in [2.75, 3.05) is 0 Å². The molecule has 1 atom stereocenters. The summed E-state index contributed by atoms with van der Waals surface area (Å²) >= 11 is 0. The lowest BCUT2D eigenvalue weighted by molar-refractivity contribution is -0.136. The molecule has 1 aromatic heterocycles. The van der Waals surface area contributed by atoms with Gasteiger partial charge in [-0.25, -0.2) is 18.0 Å². The molecule has 0 saturated heterocycles. The van der Waals surface area contributed by atoms with E-state index in [0.29, 0.717) is 11.1 Å². The summed E-state index contributed by atoms with van der Waals surface area (Å²) in [5, 5.41) is 0.789. The molecule has 0 aliphatic rings. The SMILES string of the molecule is CCCc1cc(=O)oc2c(C)c(OC(=O)C(CC(C)C)NS(=O)(=O)c3ccc(C)cc3)ccc12. The lowest BCUT2D eigenvalue weighted by Gasteiger charge is -2.20. The Morgan fingerprint density at radius 3 is 2.38 bits per heavy atom. The van der Waals surface area contributed by atoms with Crippen LogP contribution in [0.4, 0.5) is 0 Å². The molecule has 2 aromatic carbocycles. The highest BCUT2D eigenvalue weighted by Crippen LogP contribution is 2.29. The average molecular weight is 486 g/mol. The van der Waals surface area contributed by atoms with Gasteiger partial charge in [-0.3, -0.25) is 0 Å². The number of fused-ring (bicyclic) bond motifs is 1. The summed E-state index contributed by atoms with van der Waals surface area (Å²) in [5.74, 6) is -0.470. The first-order chi connectivity index (χ1) is 16.0. The van der Waals surface area contributed by atoms with Crippen molar-refractivity contribution in [3.63, 3.8) is 0 Å². The van der Waals surface area contributed by atoms with Gasteiger partial charge in [-0.15, -0.1) is 0 Å². The first-order valence-electron chi connectivity index (χ1n) is 11.4. The van der Waals surface area contributed by atoms with Crippen molar-refractivity contribution in [2.24, 2.45) is 5.92 Å². The van der Waals surface area contributed by atoms with E-state index in [-0.39, 0.29) is 23.0 Å². The first kappa shape index (κ1) is 25.6. The Morgan fingerprint density at radius 1 is 1.09 bits per heavy atom. The monoisotopic (exact) mass is 485 g/mol. The van der Waals surface area contributed by atoms with E-state index in [9.17, 15) is 18.0 Å². The molecule has 0 saturated carbocycles. The van der Waals surface area contributed by atoms with E-state index in [1.807, 2.05) is 27.7 Å². The number of esters is 1. The molecule has 1 heterocycles. The number of benzene rings is 2. The van der Waals surface area contributed by atoms with Gasteiger partial charge >= 0.3 is 11.6 Å². The second kappa shape index (κ2) is 10.5. The number of hydrogen-bond acceptors (Lipinski definition) is 6. The normalized spacial score (nSPS) is 12.8. The standard InChI is InChI=1S/C26H31NO6S/c1-6-7-19-15-24(28)33-25-18(5)23(13-12-21(19)25)32-26(29)22(14-16(2)3)27-34(30,31)20-10-8-17(4)9-11-20/h8-13,15-16,22,27H,6-7,14H2,1-5H3. The van der Waals surface area contributed by atoms with Gasteiger partial charge in [0, 0.05) is 17.0 Å². The molecule has 0 radical (unpaired) electrons. The summed E-state index contributed by atoms with van der Waals surface area (Å²) in [6, 6.07) is 10.2. The average Bonchev–Trinajstić information content (AvgIpc) is 2.75. The molecule has 0 spiro atoms. The summed E-state index contributed by atoms with van der Waals surface area (Å²) in [7, 11) is -3.93. The summed E-state index contributed by atoms with van der Waals surface area (Å²) in [4.78, 5) is 25.2. The zero-order valence-electron chi connectivity index (χ0n) is 20.2. The van der Waals surface area contributed by atoms with Crippen LogP contribution in [-0.4, -0.2) is 20.4 Å². The van der Waals surface area contributed by atoms with Crippen molar-refractivity contribution in [2.45, 2.75) is 64.8 Å². The lowest BCUT2D eigenvalue weighted by Crippen LogP contribution is -2.43. The van der Waals surface area contributed by atoms with Crippen LogP contribution in [0.25, 0.3) is 11.0 Å². The van der Waals surface area contributed by atoms with Gasteiger partial charge in [0.1, 0.15) is 17.4 Å². The van der Waals surface area contributed by atoms with Crippen molar-refractivity contribution < 1.29 is 22.4 Å². The van der Waals surface area contributed by atoms with Crippen LogP contribution < -0.4 is 15.1 Å². The quantitative estimate of drug-likeness (QED) is 0.269. The van der Waals surface area contributed by atoms with Crippen molar-refractivity contribution >= 4 is 27.0 Å². The van der Waals surface area contributed by atoms with Crippen LogP contribution in [0.5, 0.6) is 5.75 Å². The molecule has 0 fully saturated rings.